The van der Waals surface area contributed by atoms with Crippen LogP contribution in [0.5, 0.6) is 0 Å². The average Bonchev–Trinajstić information content (AvgIpc) is 2.17. The molecule has 0 N–H and O–H groups in total. The van der Waals surface area contributed by atoms with E-state index in [1.165, 1.54) is 0 Å². The minimum absolute atomic E-state index is 0.0370. The number of hydrogen-bond donors (Lipinski definition) is 0. The van der Waals surface area contributed by atoms with Crippen molar-refractivity contribution in [1.29, 1.82) is 0 Å². The number of hydrogen-bond acceptors (Lipinski definition) is 2. The molecule has 2 aliphatic rings. The van der Waals surface area contributed by atoms with E-state index in [0.717, 1.165) is 11.3 Å². The van der Waals surface area contributed by atoms with E-state index in [9.17, 15) is 0 Å². The molecule has 1 atom stereocenters. The topological polar surface area (TPSA) is 18.5 Å². The van der Waals surface area contributed by atoms with Crippen molar-refractivity contribution in [2.24, 2.45) is 0 Å². The molecule has 2 rings (SSSR count). The molecule has 12 heavy (non-hydrogen) atoms. The van der Waals surface area contributed by atoms with Gasteiger partial charge in [-0.2, -0.15) is 0 Å². The first-order chi connectivity index (χ1) is 5.92. The van der Waals surface area contributed by atoms with Crippen LogP contribution in [0.1, 0.15) is 0 Å². The van der Waals surface area contributed by atoms with Gasteiger partial charge in [0.1, 0.15) is 11.9 Å². The molecule has 0 aromatic heterocycles. The lowest BCUT2D eigenvalue weighted by Gasteiger charge is -2.22. The average molecular weight is 162 g/mol. The van der Waals surface area contributed by atoms with Crippen molar-refractivity contribution < 1.29 is 9.47 Å². The zero-order valence-corrected chi connectivity index (χ0v) is 6.86. The van der Waals surface area contributed by atoms with Crippen LogP contribution >= 0.6 is 0 Å². The molecule has 1 unspecified atom stereocenters. The first-order valence-electron chi connectivity index (χ1n) is 3.87. The van der Waals surface area contributed by atoms with Gasteiger partial charge >= 0.3 is 0 Å². The van der Waals surface area contributed by atoms with Crippen LogP contribution in [0.15, 0.2) is 48.0 Å². The van der Waals surface area contributed by atoms with E-state index in [2.05, 4.69) is 0 Å². The third-order valence-electron chi connectivity index (χ3n) is 1.93. The summed E-state index contributed by atoms with van der Waals surface area (Å²) < 4.78 is 10.5. The van der Waals surface area contributed by atoms with E-state index in [1.54, 1.807) is 13.4 Å². The molecule has 0 aromatic rings. The first-order valence-corrected chi connectivity index (χ1v) is 3.87. The Morgan fingerprint density at radius 3 is 3.08 bits per heavy atom. The Morgan fingerprint density at radius 1 is 1.33 bits per heavy atom. The SMILES string of the molecule is COC1=C2C=CC=CC2OC=C1. The summed E-state index contributed by atoms with van der Waals surface area (Å²) in [6.07, 6.45) is 11.5. The van der Waals surface area contributed by atoms with Gasteiger partial charge in [-0.05, 0) is 6.08 Å². The molecule has 1 aliphatic carbocycles. The van der Waals surface area contributed by atoms with Gasteiger partial charge in [-0.25, -0.2) is 0 Å². The van der Waals surface area contributed by atoms with Crippen molar-refractivity contribution in [3.8, 4) is 0 Å². The second kappa shape index (κ2) is 2.89. The third kappa shape index (κ3) is 1.05. The van der Waals surface area contributed by atoms with E-state index in [1.807, 2.05) is 30.4 Å². The molecule has 2 nitrogen and oxygen atoms in total. The first kappa shape index (κ1) is 7.22. The van der Waals surface area contributed by atoms with Gasteiger partial charge in [0.15, 0.2) is 0 Å². The normalized spacial score (nSPS) is 25.2. The summed E-state index contributed by atoms with van der Waals surface area (Å²) in [4.78, 5) is 0. The maximum atomic E-state index is 5.36. The number of allylic oxidation sites excluding steroid dienone is 3. The Labute approximate surface area is 71.5 Å². The zero-order valence-electron chi connectivity index (χ0n) is 6.86. The quantitative estimate of drug-likeness (QED) is 0.586. The molecule has 1 heterocycles. The second-order valence-corrected chi connectivity index (χ2v) is 2.63. The highest BCUT2D eigenvalue weighted by atomic mass is 16.5. The molecule has 0 saturated carbocycles. The van der Waals surface area contributed by atoms with Crippen LogP contribution in [0.2, 0.25) is 0 Å². The Morgan fingerprint density at radius 2 is 2.25 bits per heavy atom. The molecule has 0 fully saturated rings. The molecule has 62 valence electrons. The third-order valence-corrected chi connectivity index (χ3v) is 1.93. The molecule has 0 radical (unpaired) electrons. The molecule has 0 saturated heterocycles. The summed E-state index contributed by atoms with van der Waals surface area (Å²) in [5.74, 6) is 0.881. The van der Waals surface area contributed by atoms with Crippen LogP contribution in [0, 0.1) is 0 Å². The molecule has 0 aromatic carbocycles. The maximum absolute atomic E-state index is 5.36. The van der Waals surface area contributed by atoms with Crippen molar-refractivity contribution in [2.45, 2.75) is 6.10 Å². The van der Waals surface area contributed by atoms with E-state index in [-0.39, 0.29) is 6.10 Å². The van der Waals surface area contributed by atoms with E-state index < -0.39 is 0 Å². The molecule has 0 amide bonds. The number of rotatable bonds is 1. The highest BCUT2D eigenvalue weighted by Crippen LogP contribution is 2.24. The molecule has 0 bridgehead atoms. The molecule has 2 heteroatoms. The molecule has 0 spiro atoms. The molecular weight excluding hydrogens is 152 g/mol. The fraction of sp³-hybridized carbons (Fsp3) is 0.200. The van der Waals surface area contributed by atoms with Crippen molar-refractivity contribution in [3.63, 3.8) is 0 Å². The summed E-state index contributed by atoms with van der Waals surface area (Å²) >= 11 is 0. The molecule has 1 aliphatic heterocycles. The summed E-state index contributed by atoms with van der Waals surface area (Å²) in [5, 5.41) is 0. The minimum atomic E-state index is 0.0370. The number of fused-ring (bicyclic) bond motifs is 1. The largest absolute Gasteiger partial charge is 0.496 e. The fourth-order valence-corrected chi connectivity index (χ4v) is 1.33. The van der Waals surface area contributed by atoms with Gasteiger partial charge in [0.25, 0.3) is 0 Å². The molecular formula is C10H10O2. The maximum Gasteiger partial charge on any atom is 0.145 e. The van der Waals surface area contributed by atoms with Crippen LogP contribution in [0.25, 0.3) is 0 Å². The summed E-state index contributed by atoms with van der Waals surface area (Å²) in [7, 11) is 1.67. The van der Waals surface area contributed by atoms with Gasteiger partial charge < -0.3 is 9.47 Å². The summed E-state index contributed by atoms with van der Waals surface area (Å²) in [6, 6.07) is 0. The van der Waals surface area contributed by atoms with Crippen LogP contribution in [-0.2, 0) is 9.47 Å². The van der Waals surface area contributed by atoms with Crippen LogP contribution in [0.4, 0.5) is 0 Å². The lowest BCUT2D eigenvalue weighted by atomic mass is 10.0. The van der Waals surface area contributed by atoms with Crippen molar-refractivity contribution in [2.75, 3.05) is 7.11 Å². The Bertz CT molecular complexity index is 295. The van der Waals surface area contributed by atoms with Crippen LogP contribution in [-0.4, -0.2) is 13.2 Å². The van der Waals surface area contributed by atoms with Gasteiger partial charge in [-0.3, -0.25) is 0 Å². The Hall–Kier alpha value is -1.44. The zero-order chi connectivity index (χ0) is 8.39. The highest BCUT2D eigenvalue weighted by Gasteiger charge is 2.18. The predicted molar refractivity (Wildman–Crippen MR) is 46.3 cm³/mol. The van der Waals surface area contributed by atoms with Crippen LogP contribution < -0.4 is 0 Å². The van der Waals surface area contributed by atoms with Gasteiger partial charge in [0, 0.05) is 11.6 Å². The highest BCUT2D eigenvalue weighted by molar-refractivity contribution is 5.41. The lowest BCUT2D eigenvalue weighted by Crippen LogP contribution is -2.16. The van der Waals surface area contributed by atoms with Gasteiger partial charge in [-0.1, -0.05) is 18.2 Å². The van der Waals surface area contributed by atoms with Gasteiger partial charge in [0.05, 0.1) is 13.4 Å². The number of methoxy groups -OCH3 is 1. The van der Waals surface area contributed by atoms with Gasteiger partial charge in [0.2, 0.25) is 0 Å². The number of ether oxygens (including phenoxy) is 2. The van der Waals surface area contributed by atoms with Crippen molar-refractivity contribution >= 4 is 0 Å². The van der Waals surface area contributed by atoms with Crippen molar-refractivity contribution in [1.82, 2.24) is 0 Å². The van der Waals surface area contributed by atoms with E-state index in [0.29, 0.717) is 0 Å². The smallest absolute Gasteiger partial charge is 0.145 e. The fourth-order valence-electron chi connectivity index (χ4n) is 1.33. The predicted octanol–water partition coefficient (Wildman–Crippen LogP) is 1.93. The van der Waals surface area contributed by atoms with Crippen molar-refractivity contribution in [3.05, 3.63) is 48.0 Å². The minimum Gasteiger partial charge on any atom is -0.496 e. The monoisotopic (exact) mass is 162 g/mol. The van der Waals surface area contributed by atoms with Gasteiger partial charge in [-0.15, -0.1) is 0 Å². The van der Waals surface area contributed by atoms with E-state index >= 15 is 0 Å². The summed E-state index contributed by atoms with van der Waals surface area (Å²) in [6.45, 7) is 0. The van der Waals surface area contributed by atoms with Crippen LogP contribution in [0.3, 0.4) is 0 Å². The second-order valence-electron chi connectivity index (χ2n) is 2.63. The Balaban J connectivity index is 2.39. The Kier molecular flexibility index (Phi) is 1.74. The van der Waals surface area contributed by atoms with E-state index in [4.69, 9.17) is 9.47 Å². The summed E-state index contributed by atoms with van der Waals surface area (Å²) in [5.41, 5.74) is 1.09. The standard InChI is InChI=1S/C10H10O2/c1-11-9-6-7-12-10-5-3-2-4-8(9)10/h2-7,10H,1H3. The lowest BCUT2D eigenvalue weighted by molar-refractivity contribution is 0.194.